The molecule has 6 heteroatoms. The lowest BCUT2D eigenvalue weighted by molar-refractivity contribution is -0.132. The normalized spacial score (nSPS) is 18.1. The molecular weight excluding hydrogens is 319 g/mol. The molecule has 25 heavy (non-hydrogen) atoms. The van der Waals surface area contributed by atoms with Crippen LogP contribution < -0.4 is 5.32 Å². The average molecular weight is 342 g/mol. The maximum atomic E-state index is 13.0. The fraction of sp³-hybridized carbons (Fsp3) is 0.368. The van der Waals surface area contributed by atoms with E-state index in [4.69, 9.17) is 0 Å². The number of hydrogen-bond donors (Lipinski definition) is 1. The highest BCUT2D eigenvalue weighted by Crippen LogP contribution is 2.21. The van der Waals surface area contributed by atoms with E-state index in [1.165, 1.54) is 12.1 Å². The zero-order valence-corrected chi connectivity index (χ0v) is 14.4. The van der Waals surface area contributed by atoms with Gasteiger partial charge in [0.05, 0.1) is 6.54 Å². The van der Waals surface area contributed by atoms with Gasteiger partial charge in [-0.2, -0.15) is 0 Å². The number of nitrogens with one attached hydrogen (secondary N) is 1. The van der Waals surface area contributed by atoms with Gasteiger partial charge in [0.15, 0.2) is 0 Å². The van der Waals surface area contributed by atoms with Gasteiger partial charge in [0.1, 0.15) is 5.82 Å². The van der Waals surface area contributed by atoms with Crippen LogP contribution in [0, 0.1) is 5.82 Å². The Morgan fingerprint density at radius 1 is 1.36 bits per heavy atom. The number of benzene rings is 1. The van der Waals surface area contributed by atoms with E-state index in [0.717, 1.165) is 30.8 Å². The quantitative estimate of drug-likeness (QED) is 0.901. The van der Waals surface area contributed by atoms with Crippen molar-refractivity contribution in [1.29, 1.82) is 0 Å². The lowest BCUT2D eigenvalue weighted by Crippen LogP contribution is -2.49. The molecule has 1 aromatic heterocycles. The number of halogens is 1. The van der Waals surface area contributed by atoms with Gasteiger partial charge >= 0.3 is 0 Å². The van der Waals surface area contributed by atoms with E-state index in [-0.39, 0.29) is 17.8 Å². The number of pyridine rings is 1. The second-order valence-corrected chi connectivity index (χ2v) is 6.35. The van der Waals surface area contributed by atoms with Gasteiger partial charge in [0, 0.05) is 51.7 Å². The minimum absolute atomic E-state index is 0.0557. The predicted molar refractivity (Wildman–Crippen MR) is 94.3 cm³/mol. The van der Waals surface area contributed by atoms with Crippen LogP contribution in [0.3, 0.4) is 0 Å². The van der Waals surface area contributed by atoms with E-state index in [0.29, 0.717) is 13.1 Å². The number of nitrogens with zero attached hydrogens (tertiary/aromatic N) is 3. The number of piperazine rings is 1. The lowest BCUT2D eigenvalue weighted by atomic mass is 10.1. The minimum atomic E-state index is -0.266. The van der Waals surface area contributed by atoms with E-state index in [1.807, 2.05) is 18.3 Å². The molecule has 0 bridgehead atoms. The van der Waals surface area contributed by atoms with Gasteiger partial charge in [-0.15, -0.1) is 0 Å². The van der Waals surface area contributed by atoms with Crippen LogP contribution in [0.4, 0.5) is 4.39 Å². The maximum Gasteiger partial charge on any atom is 0.236 e. The van der Waals surface area contributed by atoms with Crippen LogP contribution in [0.25, 0.3) is 0 Å². The number of likely N-dealkylation sites (N-methyl/N-ethyl adjacent to an activating group) is 1. The van der Waals surface area contributed by atoms with Gasteiger partial charge in [0.25, 0.3) is 0 Å². The molecule has 1 aliphatic rings. The van der Waals surface area contributed by atoms with E-state index >= 15 is 0 Å². The first-order valence-corrected chi connectivity index (χ1v) is 8.46. The number of aromatic nitrogens is 1. The van der Waals surface area contributed by atoms with Crippen LogP contribution in [-0.2, 0) is 11.3 Å². The Morgan fingerprint density at radius 3 is 2.88 bits per heavy atom. The Balaban J connectivity index is 1.62. The first-order chi connectivity index (χ1) is 12.1. The summed E-state index contributed by atoms with van der Waals surface area (Å²) in [5, 5.41) is 3.38. The number of carbonyl (C=O) groups is 1. The van der Waals surface area contributed by atoms with Crippen molar-refractivity contribution in [1.82, 2.24) is 20.1 Å². The third kappa shape index (κ3) is 4.61. The summed E-state index contributed by atoms with van der Waals surface area (Å²) in [4.78, 5) is 20.7. The Labute approximate surface area is 147 Å². The van der Waals surface area contributed by atoms with Crippen molar-refractivity contribution < 1.29 is 9.18 Å². The molecule has 1 saturated heterocycles. The van der Waals surface area contributed by atoms with Crippen molar-refractivity contribution in [2.45, 2.75) is 12.6 Å². The molecule has 5 nitrogen and oxygen atoms in total. The Bertz CT molecular complexity index is 692. The van der Waals surface area contributed by atoms with Crippen molar-refractivity contribution in [2.75, 3.05) is 33.2 Å². The van der Waals surface area contributed by atoms with Gasteiger partial charge in [0.2, 0.25) is 5.91 Å². The smallest absolute Gasteiger partial charge is 0.236 e. The van der Waals surface area contributed by atoms with E-state index in [1.54, 1.807) is 30.3 Å². The molecular formula is C19H23FN4O. The summed E-state index contributed by atoms with van der Waals surface area (Å²) in [5.74, 6) is -0.210. The van der Waals surface area contributed by atoms with Crippen molar-refractivity contribution in [3.8, 4) is 0 Å². The molecule has 2 heterocycles. The highest BCUT2D eigenvalue weighted by Gasteiger charge is 2.26. The number of carbonyl (C=O) groups excluding carboxylic acids is 1. The van der Waals surface area contributed by atoms with Crippen molar-refractivity contribution >= 4 is 5.91 Å². The Morgan fingerprint density at radius 2 is 2.16 bits per heavy atom. The van der Waals surface area contributed by atoms with Crippen LogP contribution in [0.15, 0.2) is 48.8 Å². The molecule has 1 N–H and O–H groups in total. The first-order valence-electron chi connectivity index (χ1n) is 8.46. The largest absolute Gasteiger partial charge is 0.340 e. The third-order valence-electron chi connectivity index (χ3n) is 4.52. The Kier molecular flexibility index (Phi) is 5.73. The molecule has 1 unspecified atom stereocenters. The highest BCUT2D eigenvalue weighted by molar-refractivity contribution is 5.78. The van der Waals surface area contributed by atoms with Crippen LogP contribution in [0.5, 0.6) is 0 Å². The summed E-state index contributed by atoms with van der Waals surface area (Å²) >= 11 is 0. The molecule has 1 atom stereocenters. The molecule has 1 fully saturated rings. The van der Waals surface area contributed by atoms with Gasteiger partial charge in [-0.25, -0.2) is 4.39 Å². The summed E-state index contributed by atoms with van der Waals surface area (Å²) in [7, 11) is 1.78. The van der Waals surface area contributed by atoms with Crippen molar-refractivity contribution in [3.63, 3.8) is 0 Å². The second-order valence-electron chi connectivity index (χ2n) is 6.35. The summed E-state index contributed by atoms with van der Waals surface area (Å²) in [6.45, 7) is 3.32. The molecule has 0 saturated carbocycles. The minimum Gasteiger partial charge on any atom is -0.340 e. The van der Waals surface area contributed by atoms with Crippen LogP contribution in [0.2, 0.25) is 0 Å². The summed E-state index contributed by atoms with van der Waals surface area (Å²) in [6, 6.07) is 10.4. The standard InChI is InChI=1S/C19H23FN4O/c1-23(13-15-4-6-17(20)7-5-15)19(25)14-24-10-9-22-12-18(24)16-3-2-8-21-11-16/h2-8,11,18,22H,9-10,12-14H2,1H3. The van der Waals surface area contributed by atoms with Crippen molar-refractivity contribution in [2.24, 2.45) is 0 Å². The molecule has 3 rings (SSSR count). The first kappa shape index (κ1) is 17.5. The average Bonchev–Trinajstić information content (AvgIpc) is 2.64. The van der Waals surface area contributed by atoms with E-state index < -0.39 is 0 Å². The van der Waals surface area contributed by atoms with Gasteiger partial charge < -0.3 is 10.2 Å². The highest BCUT2D eigenvalue weighted by atomic mass is 19.1. The summed E-state index contributed by atoms with van der Waals surface area (Å²) < 4.78 is 13.0. The van der Waals surface area contributed by atoms with Crippen molar-refractivity contribution in [3.05, 3.63) is 65.7 Å². The fourth-order valence-electron chi connectivity index (χ4n) is 3.08. The molecule has 0 aliphatic carbocycles. The fourth-order valence-corrected chi connectivity index (χ4v) is 3.08. The summed E-state index contributed by atoms with van der Waals surface area (Å²) in [6.07, 6.45) is 3.61. The molecule has 1 amide bonds. The monoisotopic (exact) mass is 342 g/mol. The third-order valence-corrected chi connectivity index (χ3v) is 4.52. The van der Waals surface area contributed by atoms with Gasteiger partial charge in [-0.05, 0) is 29.3 Å². The maximum absolute atomic E-state index is 13.0. The number of hydrogen-bond acceptors (Lipinski definition) is 4. The number of amides is 1. The van der Waals surface area contributed by atoms with Gasteiger partial charge in [-0.3, -0.25) is 14.7 Å². The lowest BCUT2D eigenvalue weighted by Gasteiger charge is -2.36. The molecule has 0 spiro atoms. The van der Waals surface area contributed by atoms with Crippen LogP contribution in [-0.4, -0.2) is 53.9 Å². The Hall–Kier alpha value is -2.31. The SMILES string of the molecule is CN(Cc1ccc(F)cc1)C(=O)CN1CCNCC1c1cccnc1. The molecule has 0 radical (unpaired) electrons. The van der Waals surface area contributed by atoms with Crippen LogP contribution >= 0.6 is 0 Å². The van der Waals surface area contributed by atoms with E-state index in [2.05, 4.69) is 15.2 Å². The zero-order chi connectivity index (χ0) is 17.6. The molecule has 132 valence electrons. The molecule has 1 aliphatic heterocycles. The van der Waals surface area contributed by atoms with Gasteiger partial charge in [-0.1, -0.05) is 18.2 Å². The molecule has 1 aromatic carbocycles. The van der Waals surface area contributed by atoms with E-state index in [9.17, 15) is 9.18 Å². The predicted octanol–water partition coefficient (Wildman–Crippen LogP) is 1.83. The second kappa shape index (κ2) is 8.18. The topological polar surface area (TPSA) is 48.5 Å². The summed E-state index contributed by atoms with van der Waals surface area (Å²) in [5.41, 5.74) is 2.03. The molecule has 2 aromatic rings. The zero-order valence-electron chi connectivity index (χ0n) is 14.4. The van der Waals surface area contributed by atoms with Crippen LogP contribution in [0.1, 0.15) is 17.2 Å². The number of rotatable bonds is 5.